The number of imidazole rings is 1. The number of fused-ring (bicyclic) bond motifs is 1. The number of hydrogen-bond donors (Lipinski definition) is 2. The van der Waals surface area contributed by atoms with Gasteiger partial charge < -0.3 is 10.1 Å². The van der Waals surface area contributed by atoms with Gasteiger partial charge in [0.2, 0.25) is 0 Å². The van der Waals surface area contributed by atoms with Crippen molar-refractivity contribution in [2.24, 2.45) is 0 Å². The van der Waals surface area contributed by atoms with E-state index in [0.29, 0.717) is 16.2 Å². The Labute approximate surface area is 118 Å². The van der Waals surface area contributed by atoms with Gasteiger partial charge in [0.15, 0.2) is 5.65 Å². The molecule has 102 valence electrons. The van der Waals surface area contributed by atoms with Crippen molar-refractivity contribution in [3.63, 3.8) is 0 Å². The fourth-order valence-corrected chi connectivity index (χ4v) is 2.91. The molecule has 0 bridgehead atoms. The molecule has 1 aromatic carbocycles. The summed E-state index contributed by atoms with van der Waals surface area (Å²) in [6, 6.07) is 4.32. The molecule has 0 saturated carbocycles. The zero-order valence-electron chi connectivity index (χ0n) is 10.5. The van der Waals surface area contributed by atoms with Crippen molar-refractivity contribution in [1.82, 2.24) is 19.9 Å². The molecule has 0 fully saturated rings. The van der Waals surface area contributed by atoms with E-state index in [1.807, 2.05) is 0 Å². The van der Waals surface area contributed by atoms with Gasteiger partial charge in [-0.05, 0) is 30.7 Å². The first-order valence-corrected chi connectivity index (χ1v) is 6.76. The molecule has 0 radical (unpaired) electrons. The summed E-state index contributed by atoms with van der Waals surface area (Å²) >= 11 is 1.34. The van der Waals surface area contributed by atoms with Crippen LogP contribution in [0, 0.1) is 5.82 Å². The predicted octanol–water partition coefficient (Wildman–Crippen LogP) is 2.70. The third kappa shape index (κ3) is 2.37. The Balaban J connectivity index is 2.05. The van der Waals surface area contributed by atoms with Gasteiger partial charge in [-0.25, -0.2) is 19.3 Å². The topological polar surface area (TPSA) is 74.7 Å². The van der Waals surface area contributed by atoms with Crippen LogP contribution >= 0.6 is 11.8 Å². The number of aromatic nitrogens is 4. The number of halogens is 1. The lowest BCUT2D eigenvalue weighted by Gasteiger charge is -2.11. The molecule has 0 amide bonds. The summed E-state index contributed by atoms with van der Waals surface area (Å²) in [6.07, 6.45) is 2.22. The average molecular weight is 290 g/mol. The van der Waals surface area contributed by atoms with E-state index < -0.39 is 6.10 Å². The van der Waals surface area contributed by atoms with Gasteiger partial charge in [-0.15, -0.1) is 0 Å². The van der Waals surface area contributed by atoms with Gasteiger partial charge >= 0.3 is 0 Å². The van der Waals surface area contributed by atoms with Crippen LogP contribution < -0.4 is 0 Å². The molecular formula is C13H11FN4OS. The van der Waals surface area contributed by atoms with Crippen LogP contribution in [0.3, 0.4) is 0 Å². The van der Waals surface area contributed by atoms with Crippen molar-refractivity contribution in [3.8, 4) is 0 Å². The number of rotatable bonds is 3. The molecule has 0 aliphatic carbocycles. The van der Waals surface area contributed by atoms with Crippen LogP contribution in [0.4, 0.5) is 4.39 Å². The minimum atomic E-state index is -0.757. The molecule has 0 spiro atoms. The quantitative estimate of drug-likeness (QED) is 0.725. The Hall–Kier alpha value is -1.99. The predicted molar refractivity (Wildman–Crippen MR) is 72.8 cm³/mol. The van der Waals surface area contributed by atoms with Crippen molar-refractivity contribution in [1.29, 1.82) is 0 Å². The van der Waals surface area contributed by atoms with Crippen LogP contribution in [0.2, 0.25) is 0 Å². The van der Waals surface area contributed by atoms with Crippen LogP contribution in [0.1, 0.15) is 18.6 Å². The maximum atomic E-state index is 13.3. The molecule has 0 aliphatic rings. The molecule has 2 N–H and O–H groups in total. The summed E-state index contributed by atoms with van der Waals surface area (Å²) in [7, 11) is 0. The monoisotopic (exact) mass is 290 g/mol. The van der Waals surface area contributed by atoms with E-state index in [4.69, 9.17) is 0 Å². The van der Waals surface area contributed by atoms with Gasteiger partial charge in [0.1, 0.15) is 22.7 Å². The van der Waals surface area contributed by atoms with Gasteiger partial charge in [0.05, 0.1) is 12.4 Å². The van der Waals surface area contributed by atoms with Gasteiger partial charge in [-0.3, -0.25) is 0 Å². The van der Waals surface area contributed by atoms with E-state index in [0.717, 1.165) is 10.4 Å². The van der Waals surface area contributed by atoms with Gasteiger partial charge in [-0.1, -0.05) is 11.8 Å². The fourth-order valence-electron chi connectivity index (χ4n) is 1.86. The third-order valence-electron chi connectivity index (χ3n) is 2.82. The Bertz CT molecular complexity index is 759. The first kappa shape index (κ1) is 13.0. The second kappa shape index (κ2) is 5.18. The number of aliphatic hydroxyl groups excluding tert-OH is 1. The highest BCUT2D eigenvalue weighted by atomic mass is 32.2. The van der Waals surface area contributed by atoms with E-state index >= 15 is 0 Å². The van der Waals surface area contributed by atoms with Crippen molar-refractivity contribution >= 4 is 22.9 Å². The summed E-state index contributed by atoms with van der Waals surface area (Å²) in [5.41, 5.74) is 1.82. The third-order valence-corrected chi connectivity index (χ3v) is 3.91. The Kier molecular flexibility index (Phi) is 3.37. The number of nitrogens with zero attached hydrogens (tertiary/aromatic N) is 3. The molecule has 7 heteroatoms. The highest BCUT2D eigenvalue weighted by molar-refractivity contribution is 7.99. The number of hydrogen-bond acceptors (Lipinski definition) is 5. The van der Waals surface area contributed by atoms with Crippen molar-refractivity contribution in [2.45, 2.75) is 22.9 Å². The highest BCUT2D eigenvalue weighted by Crippen LogP contribution is 2.34. The van der Waals surface area contributed by atoms with Crippen LogP contribution in [-0.4, -0.2) is 25.0 Å². The highest BCUT2D eigenvalue weighted by Gasteiger charge is 2.14. The zero-order valence-corrected chi connectivity index (χ0v) is 11.4. The van der Waals surface area contributed by atoms with Crippen LogP contribution in [0.25, 0.3) is 11.2 Å². The van der Waals surface area contributed by atoms with E-state index in [-0.39, 0.29) is 5.82 Å². The van der Waals surface area contributed by atoms with Crippen LogP contribution in [0.5, 0.6) is 0 Å². The first-order valence-electron chi connectivity index (χ1n) is 5.94. The molecule has 0 aliphatic heterocycles. The molecule has 2 aromatic heterocycles. The lowest BCUT2D eigenvalue weighted by molar-refractivity contribution is 0.196. The standard InChI is InChI=1S/C13H11FN4OS/c1-7(19)9-4-8(14)2-3-10(9)20-13-11-12(16-5-15-11)17-6-18-13/h2-7,19H,1H3,(H,15,16,17,18)/t7-/m1/s1. The molecule has 3 rings (SSSR count). The maximum absolute atomic E-state index is 13.3. The van der Waals surface area contributed by atoms with Crippen LogP contribution in [-0.2, 0) is 0 Å². The van der Waals surface area contributed by atoms with Gasteiger partial charge in [-0.2, -0.15) is 0 Å². The van der Waals surface area contributed by atoms with Gasteiger partial charge in [0.25, 0.3) is 0 Å². The summed E-state index contributed by atoms with van der Waals surface area (Å²) in [4.78, 5) is 16.0. The Morgan fingerprint density at radius 1 is 1.30 bits per heavy atom. The SMILES string of the molecule is C[C@@H](O)c1cc(F)ccc1Sc1ncnc2nc[nH]c12. The zero-order chi connectivity index (χ0) is 14.1. The van der Waals surface area contributed by atoms with Crippen LogP contribution in [0.15, 0.2) is 40.8 Å². The molecule has 1 atom stereocenters. The summed E-state index contributed by atoms with van der Waals surface area (Å²) < 4.78 is 13.3. The normalized spacial score (nSPS) is 12.8. The van der Waals surface area contributed by atoms with Crippen molar-refractivity contribution in [3.05, 3.63) is 42.2 Å². The Morgan fingerprint density at radius 3 is 2.95 bits per heavy atom. The van der Waals surface area contributed by atoms with Gasteiger partial charge in [0, 0.05) is 4.90 Å². The first-order chi connectivity index (χ1) is 9.65. The fraction of sp³-hybridized carbons (Fsp3) is 0.154. The maximum Gasteiger partial charge on any atom is 0.181 e. The molecule has 5 nitrogen and oxygen atoms in total. The molecule has 20 heavy (non-hydrogen) atoms. The summed E-state index contributed by atoms with van der Waals surface area (Å²) in [5, 5.41) is 10.4. The largest absolute Gasteiger partial charge is 0.389 e. The van der Waals surface area contributed by atoms with E-state index in [9.17, 15) is 9.50 Å². The van der Waals surface area contributed by atoms with E-state index in [1.54, 1.807) is 19.3 Å². The van der Waals surface area contributed by atoms with Crippen molar-refractivity contribution in [2.75, 3.05) is 0 Å². The molecule has 0 saturated heterocycles. The number of nitrogens with one attached hydrogen (secondary N) is 1. The summed E-state index contributed by atoms with van der Waals surface area (Å²) in [6.45, 7) is 1.60. The summed E-state index contributed by atoms with van der Waals surface area (Å²) in [5.74, 6) is -0.375. The lowest BCUT2D eigenvalue weighted by Crippen LogP contribution is -1.96. The molecule has 3 aromatic rings. The van der Waals surface area contributed by atoms with Crippen molar-refractivity contribution < 1.29 is 9.50 Å². The number of H-pyrrole nitrogens is 1. The average Bonchev–Trinajstić information content (AvgIpc) is 2.90. The van der Waals surface area contributed by atoms with E-state index in [1.165, 1.54) is 30.2 Å². The minimum absolute atomic E-state index is 0.375. The number of benzene rings is 1. The molecular weight excluding hydrogens is 279 g/mol. The minimum Gasteiger partial charge on any atom is -0.389 e. The molecule has 0 unspecified atom stereocenters. The second-order valence-corrected chi connectivity index (χ2v) is 5.27. The number of aliphatic hydroxyl groups is 1. The smallest absolute Gasteiger partial charge is 0.181 e. The van der Waals surface area contributed by atoms with E-state index in [2.05, 4.69) is 19.9 Å². The number of aromatic amines is 1. The molecule has 2 heterocycles. The Morgan fingerprint density at radius 2 is 2.15 bits per heavy atom. The lowest BCUT2D eigenvalue weighted by atomic mass is 10.1. The second-order valence-electron chi connectivity index (χ2n) is 4.24.